The van der Waals surface area contributed by atoms with Gasteiger partial charge < -0.3 is 24.8 Å². The van der Waals surface area contributed by atoms with Gasteiger partial charge in [-0.25, -0.2) is 9.59 Å². The molecular weight excluding hydrogens is 264 g/mol. The highest BCUT2D eigenvalue weighted by molar-refractivity contribution is 5.86. The maximum absolute atomic E-state index is 12.3. The number of rotatable bonds is 3. The lowest BCUT2D eigenvalue weighted by Gasteiger charge is -2.40. The number of carbonyl (C=O) groups is 2. The molecule has 2 unspecified atom stereocenters. The molecule has 0 spiro atoms. The van der Waals surface area contributed by atoms with Crippen LogP contribution >= 0.6 is 0 Å². The van der Waals surface area contributed by atoms with Crippen molar-refractivity contribution in [2.45, 2.75) is 37.3 Å². The molecule has 0 aromatic heterocycles. The summed E-state index contributed by atoms with van der Waals surface area (Å²) in [7, 11) is 1.63. The molecule has 2 fully saturated rings. The minimum atomic E-state index is -1.29. The number of amides is 2. The van der Waals surface area contributed by atoms with Crippen LogP contribution in [-0.2, 0) is 14.3 Å². The van der Waals surface area contributed by atoms with E-state index in [-0.39, 0.29) is 18.2 Å². The summed E-state index contributed by atoms with van der Waals surface area (Å²) in [5.41, 5.74) is -1.66. The van der Waals surface area contributed by atoms with Crippen LogP contribution in [0.4, 0.5) is 4.79 Å². The van der Waals surface area contributed by atoms with Crippen molar-refractivity contribution in [3.8, 4) is 0 Å². The summed E-state index contributed by atoms with van der Waals surface area (Å²) < 4.78 is 10.6. The van der Waals surface area contributed by atoms with E-state index in [1.807, 2.05) is 6.92 Å². The Bertz CT molecular complexity index is 394. The molecule has 7 heteroatoms. The van der Waals surface area contributed by atoms with Crippen LogP contribution in [0.2, 0.25) is 0 Å². The quantitative estimate of drug-likeness (QED) is 0.786. The fourth-order valence-electron chi connectivity index (χ4n) is 2.72. The smallest absolute Gasteiger partial charge is 0.332 e. The molecule has 2 amide bonds. The van der Waals surface area contributed by atoms with Crippen molar-refractivity contribution < 1.29 is 24.2 Å². The first-order valence-electron chi connectivity index (χ1n) is 6.84. The summed E-state index contributed by atoms with van der Waals surface area (Å²) in [6, 6.07) is -0.360. The number of carboxylic acid groups (broad SMARTS) is 1. The average Bonchev–Trinajstić information content (AvgIpc) is 2.89. The average molecular weight is 286 g/mol. The van der Waals surface area contributed by atoms with Crippen molar-refractivity contribution in [1.82, 2.24) is 10.2 Å². The molecule has 0 aromatic rings. The lowest BCUT2D eigenvalue weighted by atomic mass is 9.94. The van der Waals surface area contributed by atoms with Gasteiger partial charge in [-0.1, -0.05) is 0 Å². The maximum atomic E-state index is 12.3. The van der Waals surface area contributed by atoms with E-state index in [9.17, 15) is 14.7 Å². The van der Waals surface area contributed by atoms with Gasteiger partial charge in [0.05, 0.1) is 18.8 Å². The Kier molecular flexibility index (Phi) is 4.19. The van der Waals surface area contributed by atoms with E-state index >= 15 is 0 Å². The number of urea groups is 1. The van der Waals surface area contributed by atoms with Crippen LogP contribution in [0.25, 0.3) is 0 Å². The molecule has 0 bridgehead atoms. The van der Waals surface area contributed by atoms with E-state index in [0.29, 0.717) is 26.1 Å². The Labute approximate surface area is 118 Å². The second kappa shape index (κ2) is 5.57. The first-order chi connectivity index (χ1) is 9.41. The standard InChI is InChI=1S/C13H22N2O5/c1-12(19-2)4-3-6-15(8-12)11(18)14-13(10(16)17)5-7-20-9-13/h3-9H2,1-2H3,(H,14,18)(H,16,17). The molecule has 0 aliphatic carbocycles. The van der Waals surface area contributed by atoms with Gasteiger partial charge in [-0.05, 0) is 19.8 Å². The molecule has 2 aliphatic heterocycles. The molecule has 2 rings (SSSR count). The summed E-state index contributed by atoms with van der Waals surface area (Å²) >= 11 is 0. The Morgan fingerprint density at radius 2 is 2.15 bits per heavy atom. The molecule has 2 saturated heterocycles. The number of hydrogen-bond acceptors (Lipinski definition) is 4. The van der Waals surface area contributed by atoms with Gasteiger partial charge in [0.2, 0.25) is 0 Å². The zero-order valence-corrected chi connectivity index (χ0v) is 12.0. The van der Waals surface area contributed by atoms with Crippen molar-refractivity contribution in [2.24, 2.45) is 0 Å². The van der Waals surface area contributed by atoms with Crippen LogP contribution < -0.4 is 5.32 Å². The topological polar surface area (TPSA) is 88.1 Å². The van der Waals surface area contributed by atoms with Crippen molar-refractivity contribution in [3.63, 3.8) is 0 Å². The minimum Gasteiger partial charge on any atom is -0.479 e. The van der Waals surface area contributed by atoms with Gasteiger partial charge in [-0.2, -0.15) is 0 Å². The summed E-state index contributed by atoms with van der Waals surface area (Å²) in [5.74, 6) is -1.05. The van der Waals surface area contributed by atoms with Crippen molar-refractivity contribution in [1.29, 1.82) is 0 Å². The molecule has 0 saturated carbocycles. The molecule has 0 radical (unpaired) electrons. The van der Waals surface area contributed by atoms with Gasteiger partial charge in [0.15, 0.2) is 5.54 Å². The minimum absolute atomic E-state index is 0.0173. The van der Waals surface area contributed by atoms with E-state index in [4.69, 9.17) is 9.47 Å². The van der Waals surface area contributed by atoms with E-state index in [1.165, 1.54) is 0 Å². The lowest BCUT2D eigenvalue weighted by Crippen LogP contribution is -2.61. The number of nitrogens with zero attached hydrogens (tertiary/aromatic N) is 1. The van der Waals surface area contributed by atoms with Gasteiger partial charge in [-0.15, -0.1) is 0 Å². The van der Waals surface area contributed by atoms with Crippen LogP contribution in [0.15, 0.2) is 0 Å². The van der Waals surface area contributed by atoms with Gasteiger partial charge in [0.1, 0.15) is 0 Å². The molecule has 2 aliphatic rings. The first-order valence-corrected chi connectivity index (χ1v) is 6.84. The maximum Gasteiger partial charge on any atom is 0.332 e. The highest BCUT2D eigenvalue weighted by atomic mass is 16.5. The molecule has 7 nitrogen and oxygen atoms in total. The number of hydrogen-bond donors (Lipinski definition) is 2. The highest BCUT2D eigenvalue weighted by Gasteiger charge is 2.45. The van der Waals surface area contributed by atoms with E-state index in [2.05, 4.69) is 5.32 Å². The number of carboxylic acids is 1. The third-order valence-electron chi connectivity index (χ3n) is 4.22. The van der Waals surface area contributed by atoms with Crippen LogP contribution in [-0.4, -0.2) is 66.6 Å². The second-order valence-electron chi connectivity index (χ2n) is 5.80. The van der Waals surface area contributed by atoms with E-state index < -0.39 is 11.5 Å². The SMILES string of the molecule is COC1(C)CCCN(C(=O)NC2(C(=O)O)CCOC2)C1. The third-order valence-corrected chi connectivity index (χ3v) is 4.22. The fourth-order valence-corrected chi connectivity index (χ4v) is 2.72. The summed E-state index contributed by atoms with van der Waals surface area (Å²) in [6.45, 7) is 3.40. The van der Waals surface area contributed by atoms with Crippen molar-refractivity contribution in [3.05, 3.63) is 0 Å². The van der Waals surface area contributed by atoms with Gasteiger partial charge in [-0.3, -0.25) is 0 Å². The molecule has 2 heterocycles. The van der Waals surface area contributed by atoms with E-state index in [1.54, 1.807) is 12.0 Å². The molecule has 2 atom stereocenters. The molecule has 20 heavy (non-hydrogen) atoms. The number of aliphatic carboxylic acids is 1. The van der Waals surface area contributed by atoms with Crippen molar-refractivity contribution >= 4 is 12.0 Å². The molecule has 2 N–H and O–H groups in total. The Hall–Kier alpha value is -1.34. The number of nitrogens with one attached hydrogen (secondary N) is 1. The number of methoxy groups -OCH3 is 1. The zero-order valence-electron chi connectivity index (χ0n) is 12.0. The van der Waals surface area contributed by atoms with Gasteiger partial charge in [0.25, 0.3) is 0 Å². The number of piperidine rings is 1. The normalized spacial score (nSPS) is 34.0. The van der Waals surface area contributed by atoms with Crippen LogP contribution in [0.5, 0.6) is 0 Å². The fraction of sp³-hybridized carbons (Fsp3) is 0.846. The lowest BCUT2D eigenvalue weighted by molar-refractivity contribution is -0.144. The largest absolute Gasteiger partial charge is 0.479 e. The molecule has 114 valence electrons. The molecular formula is C13H22N2O5. The number of carbonyl (C=O) groups excluding carboxylic acids is 1. The van der Waals surface area contributed by atoms with Crippen LogP contribution in [0, 0.1) is 0 Å². The van der Waals surface area contributed by atoms with E-state index in [0.717, 1.165) is 12.8 Å². The Morgan fingerprint density at radius 3 is 2.70 bits per heavy atom. The second-order valence-corrected chi connectivity index (χ2v) is 5.80. The van der Waals surface area contributed by atoms with Gasteiger partial charge >= 0.3 is 12.0 Å². The van der Waals surface area contributed by atoms with Crippen molar-refractivity contribution in [2.75, 3.05) is 33.4 Å². The third kappa shape index (κ3) is 2.88. The summed E-state index contributed by atoms with van der Waals surface area (Å²) in [6.07, 6.45) is 2.03. The van der Waals surface area contributed by atoms with Crippen LogP contribution in [0.1, 0.15) is 26.2 Å². The Balaban J connectivity index is 2.02. The highest BCUT2D eigenvalue weighted by Crippen LogP contribution is 2.25. The predicted molar refractivity (Wildman–Crippen MR) is 70.6 cm³/mol. The summed E-state index contributed by atoms with van der Waals surface area (Å²) in [4.78, 5) is 25.3. The molecule has 0 aromatic carbocycles. The Morgan fingerprint density at radius 1 is 1.40 bits per heavy atom. The number of ether oxygens (including phenoxy) is 2. The zero-order chi connectivity index (χ0) is 14.8. The predicted octanol–water partition coefficient (Wildman–Crippen LogP) is 0.441. The monoisotopic (exact) mass is 286 g/mol. The summed E-state index contributed by atoms with van der Waals surface area (Å²) in [5, 5.41) is 12.0. The van der Waals surface area contributed by atoms with Gasteiger partial charge in [0, 0.05) is 26.7 Å². The number of likely N-dealkylation sites (tertiary alicyclic amines) is 1. The van der Waals surface area contributed by atoms with Crippen LogP contribution in [0.3, 0.4) is 0 Å². The first kappa shape index (κ1) is 15.1.